The van der Waals surface area contributed by atoms with E-state index in [0.29, 0.717) is 48.5 Å². The molecule has 0 unspecified atom stereocenters. The number of anilines is 1. The molecule has 3 aliphatic heterocycles. The molecule has 0 aliphatic carbocycles. The highest BCUT2D eigenvalue weighted by Gasteiger charge is 2.53. The van der Waals surface area contributed by atoms with Crippen LogP contribution in [0.15, 0.2) is 42.5 Å². The fraction of sp³-hybridized carbons (Fsp3) is 0.458. The van der Waals surface area contributed by atoms with Crippen molar-refractivity contribution in [3.63, 3.8) is 0 Å². The van der Waals surface area contributed by atoms with E-state index < -0.39 is 21.1 Å². The lowest BCUT2D eigenvalue weighted by Crippen LogP contribution is -2.51. The molecule has 12 heteroatoms. The first-order valence-corrected chi connectivity index (χ1v) is 13.1. The first-order chi connectivity index (χ1) is 17.1. The Morgan fingerprint density at radius 2 is 1.58 bits per heavy atom. The van der Waals surface area contributed by atoms with Crippen molar-refractivity contribution < 1.29 is 35.9 Å². The number of piperidine rings is 1. The number of nitrogens with one attached hydrogen (secondary N) is 1. The standard InChI is InChI=1S/C24H26F3N3O5S/c25-24(26,27)36(32,33)30-9-7-23(8-10-30)16-19-15-18(3-6-21(19)35-23)17-1-4-20(5-2-17)28-22(31)29-11-13-34-14-12-29/h1-6,15H,7-14,16H2,(H,28,31). The molecule has 1 N–H and O–H groups in total. The van der Waals surface area contributed by atoms with Gasteiger partial charge in [-0.2, -0.15) is 17.5 Å². The first kappa shape index (κ1) is 24.8. The van der Waals surface area contributed by atoms with Crippen molar-refractivity contribution in [3.8, 4) is 16.9 Å². The van der Waals surface area contributed by atoms with Crippen molar-refractivity contribution in [2.75, 3.05) is 44.7 Å². The minimum atomic E-state index is -5.33. The van der Waals surface area contributed by atoms with Crippen LogP contribution in [0.4, 0.5) is 23.7 Å². The maximum Gasteiger partial charge on any atom is 0.511 e. The predicted molar refractivity (Wildman–Crippen MR) is 126 cm³/mol. The van der Waals surface area contributed by atoms with E-state index in [1.807, 2.05) is 42.5 Å². The molecule has 36 heavy (non-hydrogen) atoms. The molecule has 194 valence electrons. The van der Waals surface area contributed by atoms with Crippen LogP contribution in [0, 0.1) is 0 Å². The van der Waals surface area contributed by atoms with Gasteiger partial charge in [0.25, 0.3) is 0 Å². The van der Waals surface area contributed by atoms with Crippen LogP contribution in [0.25, 0.3) is 11.1 Å². The quantitative estimate of drug-likeness (QED) is 0.658. The number of nitrogens with zero attached hydrogens (tertiary/aromatic N) is 2. The smallest absolute Gasteiger partial charge is 0.487 e. The van der Waals surface area contributed by atoms with Crippen molar-refractivity contribution in [1.82, 2.24) is 9.21 Å². The average molecular weight is 526 g/mol. The first-order valence-electron chi connectivity index (χ1n) is 11.7. The number of morpholine rings is 1. The number of carbonyl (C=O) groups is 1. The molecule has 0 radical (unpaired) electrons. The molecule has 5 rings (SSSR count). The second-order valence-corrected chi connectivity index (χ2v) is 11.2. The lowest BCUT2D eigenvalue weighted by atomic mass is 9.87. The van der Waals surface area contributed by atoms with Gasteiger partial charge in [-0.1, -0.05) is 18.2 Å². The summed E-state index contributed by atoms with van der Waals surface area (Å²) < 4.78 is 74.0. The molecule has 2 saturated heterocycles. The molecule has 0 saturated carbocycles. The topological polar surface area (TPSA) is 88.2 Å². The average Bonchev–Trinajstić information content (AvgIpc) is 3.21. The van der Waals surface area contributed by atoms with Crippen LogP contribution >= 0.6 is 0 Å². The lowest BCUT2D eigenvalue weighted by Gasteiger charge is -2.38. The number of fused-ring (bicyclic) bond motifs is 1. The fourth-order valence-electron chi connectivity index (χ4n) is 4.89. The van der Waals surface area contributed by atoms with Crippen molar-refractivity contribution in [2.24, 2.45) is 0 Å². The van der Waals surface area contributed by atoms with Crippen LogP contribution in [-0.2, 0) is 21.2 Å². The van der Waals surface area contributed by atoms with Crippen LogP contribution in [0.2, 0.25) is 0 Å². The Bertz CT molecular complexity index is 1240. The van der Waals surface area contributed by atoms with Gasteiger partial charge in [-0.15, -0.1) is 0 Å². The zero-order chi connectivity index (χ0) is 25.6. The molecular formula is C24H26F3N3O5S. The molecular weight excluding hydrogens is 499 g/mol. The van der Waals surface area contributed by atoms with Gasteiger partial charge in [-0.3, -0.25) is 0 Å². The number of rotatable bonds is 3. The van der Waals surface area contributed by atoms with Crippen LogP contribution in [-0.4, -0.2) is 74.2 Å². The minimum Gasteiger partial charge on any atom is -0.487 e. The van der Waals surface area contributed by atoms with Gasteiger partial charge in [0, 0.05) is 51.1 Å². The van der Waals surface area contributed by atoms with Crippen LogP contribution in [0.5, 0.6) is 5.75 Å². The number of sulfonamides is 1. The summed E-state index contributed by atoms with van der Waals surface area (Å²) in [4.78, 5) is 14.1. The number of amides is 2. The van der Waals surface area contributed by atoms with Crippen molar-refractivity contribution >= 4 is 21.7 Å². The summed E-state index contributed by atoms with van der Waals surface area (Å²) in [7, 11) is -5.33. The maximum atomic E-state index is 12.9. The molecule has 2 fully saturated rings. The van der Waals surface area contributed by atoms with E-state index in [0.717, 1.165) is 16.7 Å². The number of benzene rings is 2. The maximum absolute atomic E-state index is 12.9. The van der Waals surface area contributed by atoms with Gasteiger partial charge in [-0.25, -0.2) is 13.2 Å². The molecule has 0 bridgehead atoms. The molecule has 3 heterocycles. The molecule has 2 aromatic rings. The van der Waals surface area contributed by atoms with E-state index in [9.17, 15) is 26.4 Å². The van der Waals surface area contributed by atoms with Gasteiger partial charge in [0.05, 0.1) is 13.2 Å². The molecule has 0 aromatic heterocycles. The number of alkyl halides is 3. The summed E-state index contributed by atoms with van der Waals surface area (Å²) in [6, 6.07) is 13.0. The summed E-state index contributed by atoms with van der Waals surface area (Å²) in [5.41, 5.74) is -2.51. The zero-order valence-corrected chi connectivity index (χ0v) is 20.2. The van der Waals surface area contributed by atoms with Crippen molar-refractivity contribution in [1.29, 1.82) is 0 Å². The summed E-state index contributed by atoms with van der Waals surface area (Å²) in [5.74, 6) is 0.667. The van der Waals surface area contributed by atoms with Crippen molar-refractivity contribution in [2.45, 2.75) is 30.4 Å². The Hall–Kier alpha value is -2.83. The molecule has 1 spiro atoms. The van der Waals surface area contributed by atoms with Crippen LogP contribution < -0.4 is 10.1 Å². The monoisotopic (exact) mass is 525 g/mol. The van der Waals surface area contributed by atoms with E-state index in [1.54, 1.807) is 4.90 Å². The summed E-state index contributed by atoms with van der Waals surface area (Å²) in [6.07, 6.45) is 0.873. The number of urea groups is 1. The number of hydrogen-bond donors (Lipinski definition) is 1. The molecule has 3 aliphatic rings. The Labute approximate surface area is 207 Å². The van der Waals surface area contributed by atoms with E-state index in [1.165, 1.54) is 0 Å². The highest BCUT2D eigenvalue weighted by atomic mass is 32.2. The largest absolute Gasteiger partial charge is 0.511 e. The third-order valence-corrected chi connectivity index (χ3v) is 8.56. The van der Waals surface area contributed by atoms with E-state index in [2.05, 4.69) is 5.32 Å². The SMILES string of the molecule is O=C(Nc1ccc(-c2ccc3c(c2)CC2(CCN(S(=O)(=O)C(F)(F)F)CC2)O3)cc1)N1CCOCC1. The molecule has 2 amide bonds. The van der Waals surface area contributed by atoms with Gasteiger partial charge in [0.2, 0.25) is 0 Å². The summed E-state index contributed by atoms with van der Waals surface area (Å²) in [5, 5.41) is 2.89. The molecule has 2 aromatic carbocycles. The Morgan fingerprint density at radius 1 is 0.944 bits per heavy atom. The lowest BCUT2D eigenvalue weighted by molar-refractivity contribution is -0.0519. The van der Waals surface area contributed by atoms with Gasteiger partial charge in [-0.05, 0) is 41.0 Å². The Kier molecular flexibility index (Phi) is 6.38. The van der Waals surface area contributed by atoms with E-state index >= 15 is 0 Å². The number of hydrogen-bond acceptors (Lipinski definition) is 5. The Balaban J connectivity index is 1.23. The highest BCUT2D eigenvalue weighted by molar-refractivity contribution is 7.90. The number of halogens is 3. The van der Waals surface area contributed by atoms with Gasteiger partial charge in [0.1, 0.15) is 11.4 Å². The zero-order valence-electron chi connectivity index (χ0n) is 19.4. The fourth-order valence-corrected chi connectivity index (χ4v) is 5.84. The van der Waals surface area contributed by atoms with Gasteiger partial charge in [0.15, 0.2) is 0 Å². The third-order valence-electron chi connectivity index (χ3n) is 6.93. The second kappa shape index (κ2) is 9.24. The highest BCUT2D eigenvalue weighted by Crippen LogP contribution is 2.43. The third kappa shape index (κ3) is 4.76. The minimum absolute atomic E-state index is 0.167. The van der Waals surface area contributed by atoms with E-state index in [-0.39, 0.29) is 32.0 Å². The van der Waals surface area contributed by atoms with Gasteiger partial charge < -0.3 is 19.7 Å². The Morgan fingerprint density at radius 3 is 2.22 bits per heavy atom. The summed E-state index contributed by atoms with van der Waals surface area (Å²) >= 11 is 0. The summed E-state index contributed by atoms with van der Waals surface area (Å²) in [6.45, 7) is 1.69. The van der Waals surface area contributed by atoms with Crippen LogP contribution in [0.3, 0.4) is 0 Å². The second-order valence-electron chi connectivity index (χ2n) is 9.24. The molecule has 8 nitrogen and oxygen atoms in total. The van der Waals surface area contributed by atoms with Crippen molar-refractivity contribution in [3.05, 3.63) is 48.0 Å². The predicted octanol–water partition coefficient (Wildman–Crippen LogP) is 3.84. The van der Waals surface area contributed by atoms with E-state index in [4.69, 9.17) is 9.47 Å². The number of carbonyl (C=O) groups excluding carboxylic acids is 1. The van der Waals surface area contributed by atoms with Crippen LogP contribution in [0.1, 0.15) is 18.4 Å². The molecule has 0 atom stereocenters. The normalized spacial score (nSPS) is 20.1. The number of ether oxygens (including phenoxy) is 2. The van der Waals surface area contributed by atoms with Gasteiger partial charge >= 0.3 is 21.6 Å².